The number of anilines is 2. The SMILES string of the molecule is COCCCN1C(=O)C(C)(C)Oc2ccc(N(C(=O)[C@H]3CNC[C@@H](C(=O)NC(C)(COC)COC)C3)C3CC3)cc21. The van der Waals surface area contributed by atoms with Crippen molar-refractivity contribution in [1.82, 2.24) is 10.6 Å². The van der Waals surface area contributed by atoms with Gasteiger partial charge < -0.3 is 39.4 Å². The standard InChI is InChI=1S/C30H46N4O7/c1-29(2)28(37)33(12-7-13-38-4)24-15-23(10-11-25(24)41-29)34(22-8-9-22)27(36)21-14-20(16-31-17-21)26(35)32-30(3,18-39-5)19-40-6/h10-11,15,20-22,31H,7-9,12-14,16-19H2,1-6H3,(H,32,35)/t20-,21+/m0/s1. The number of fused-ring (bicyclic) bond motifs is 1. The number of methoxy groups -OCH3 is 3. The van der Waals surface area contributed by atoms with Crippen molar-refractivity contribution in [2.45, 2.75) is 63.6 Å². The second-order valence-electron chi connectivity index (χ2n) is 12.2. The summed E-state index contributed by atoms with van der Waals surface area (Å²) in [5.41, 5.74) is -0.247. The smallest absolute Gasteiger partial charge is 0.270 e. The molecule has 4 rings (SSSR count). The van der Waals surface area contributed by atoms with Gasteiger partial charge in [0.05, 0.1) is 36.3 Å². The molecule has 0 bridgehead atoms. The fourth-order valence-electron chi connectivity index (χ4n) is 5.82. The zero-order valence-corrected chi connectivity index (χ0v) is 25.3. The van der Waals surface area contributed by atoms with Crippen LogP contribution in [0.1, 0.15) is 46.5 Å². The molecule has 0 unspecified atom stereocenters. The highest BCUT2D eigenvalue weighted by molar-refractivity contribution is 6.04. The number of nitrogens with zero attached hydrogens (tertiary/aromatic N) is 2. The molecule has 0 aromatic heterocycles. The average Bonchev–Trinajstić information content (AvgIpc) is 3.76. The van der Waals surface area contributed by atoms with Gasteiger partial charge in [-0.3, -0.25) is 14.4 Å². The summed E-state index contributed by atoms with van der Waals surface area (Å²) in [5, 5.41) is 6.38. The van der Waals surface area contributed by atoms with E-state index in [0.717, 1.165) is 18.5 Å². The van der Waals surface area contributed by atoms with Gasteiger partial charge in [0, 0.05) is 59.3 Å². The number of hydrogen-bond donors (Lipinski definition) is 2. The molecule has 1 aliphatic carbocycles. The Balaban J connectivity index is 1.54. The molecule has 1 saturated carbocycles. The van der Waals surface area contributed by atoms with Gasteiger partial charge in [-0.25, -0.2) is 0 Å². The minimum atomic E-state index is -0.987. The zero-order valence-electron chi connectivity index (χ0n) is 25.3. The van der Waals surface area contributed by atoms with Crippen molar-refractivity contribution in [1.29, 1.82) is 0 Å². The molecule has 2 aliphatic heterocycles. The van der Waals surface area contributed by atoms with Crippen molar-refractivity contribution in [3.05, 3.63) is 18.2 Å². The van der Waals surface area contributed by atoms with Crippen molar-refractivity contribution >= 4 is 29.1 Å². The number of hydrogen-bond acceptors (Lipinski definition) is 8. The molecule has 228 valence electrons. The minimum Gasteiger partial charge on any atom is -0.476 e. The quantitative estimate of drug-likeness (QED) is 0.344. The second-order valence-corrected chi connectivity index (χ2v) is 12.2. The van der Waals surface area contributed by atoms with Gasteiger partial charge in [-0.1, -0.05) is 0 Å². The van der Waals surface area contributed by atoms with Crippen LogP contribution in [0.4, 0.5) is 11.4 Å². The molecule has 2 atom stereocenters. The lowest BCUT2D eigenvalue weighted by Crippen LogP contribution is -2.57. The topological polar surface area (TPSA) is 119 Å². The number of rotatable bonds is 13. The summed E-state index contributed by atoms with van der Waals surface area (Å²) in [4.78, 5) is 44.2. The van der Waals surface area contributed by atoms with Crippen LogP contribution in [0.5, 0.6) is 5.75 Å². The predicted octanol–water partition coefficient (Wildman–Crippen LogP) is 2.12. The Hall–Kier alpha value is -2.73. The Morgan fingerprint density at radius 1 is 1.12 bits per heavy atom. The summed E-state index contributed by atoms with van der Waals surface area (Å²) >= 11 is 0. The molecule has 11 nitrogen and oxygen atoms in total. The molecule has 1 aromatic rings. The van der Waals surface area contributed by atoms with Crippen LogP contribution >= 0.6 is 0 Å². The third-order valence-electron chi connectivity index (χ3n) is 7.94. The predicted molar refractivity (Wildman–Crippen MR) is 155 cm³/mol. The van der Waals surface area contributed by atoms with Crippen molar-refractivity contribution in [2.75, 3.05) is 70.6 Å². The number of carbonyl (C=O) groups excluding carboxylic acids is 3. The van der Waals surface area contributed by atoms with E-state index < -0.39 is 11.1 Å². The minimum absolute atomic E-state index is 0.0108. The van der Waals surface area contributed by atoms with Crippen LogP contribution in [0.25, 0.3) is 0 Å². The normalized spacial score (nSPS) is 22.1. The number of piperidine rings is 1. The number of nitrogens with one attached hydrogen (secondary N) is 2. The summed E-state index contributed by atoms with van der Waals surface area (Å²) in [7, 11) is 4.82. The molecular formula is C30H46N4O7. The molecule has 0 spiro atoms. The van der Waals surface area contributed by atoms with Crippen LogP contribution in [0.15, 0.2) is 18.2 Å². The Kier molecular flexibility index (Phi) is 9.94. The maximum Gasteiger partial charge on any atom is 0.270 e. The van der Waals surface area contributed by atoms with Crippen LogP contribution in [-0.2, 0) is 28.6 Å². The highest BCUT2D eigenvalue weighted by atomic mass is 16.5. The number of benzene rings is 1. The van der Waals surface area contributed by atoms with Gasteiger partial charge >= 0.3 is 0 Å². The highest BCUT2D eigenvalue weighted by Gasteiger charge is 2.43. The lowest BCUT2D eigenvalue weighted by Gasteiger charge is -2.40. The maximum atomic E-state index is 14.1. The number of carbonyl (C=O) groups is 3. The molecule has 2 N–H and O–H groups in total. The third kappa shape index (κ3) is 7.20. The van der Waals surface area contributed by atoms with Crippen LogP contribution < -0.4 is 25.2 Å². The summed E-state index contributed by atoms with van der Waals surface area (Å²) in [5.74, 6) is -0.361. The molecule has 1 saturated heterocycles. The van der Waals surface area contributed by atoms with Gasteiger partial charge in [-0.2, -0.15) is 0 Å². The van der Waals surface area contributed by atoms with Gasteiger partial charge in [0.1, 0.15) is 5.75 Å². The Bertz CT molecular complexity index is 1100. The molecule has 41 heavy (non-hydrogen) atoms. The van der Waals surface area contributed by atoms with E-state index in [0.29, 0.717) is 63.7 Å². The van der Waals surface area contributed by atoms with Gasteiger partial charge in [-0.05, 0) is 64.7 Å². The van der Waals surface area contributed by atoms with Gasteiger partial charge in [0.2, 0.25) is 11.8 Å². The Morgan fingerprint density at radius 3 is 2.44 bits per heavy atom. The van der Waals surface area contributed by atoms with E-state index in [-0.39, 0.29) is 35.6 Å². The first-order valence-corrected chi connectivity index (χ1v) is 14.5. The maximum absolute atomic E-state index is 14.1. The van der Waals surface area contributed by atoms with E-state index in [1.165, 1.54) is 0 Å². The molecule has 1 aromatic carbocycles. The molecule has 3 amide bonds. The van der Waals surface area contributed by atoms with E-state index in [9.17, 15) is 14.4 Å². The molecule has 0 radical (unpaired) electrons. The molecule has 11 heteroatoms. The first-order valence-electron chi connectivity index (χ1n) is 14.5. The Labute approximate surface area is 243 Å². The summed E-state index contributed by atoms with van der Waals surface area (Å²) in [6.45, 7) is 8.08. The van der Waals surface area contributed by atoms with Crippen molar-refractivity contribution in [2.24, 2.45) is 11.8 Å². The summed E-state index contributed by atoms with van der Waals surface area (Å²) in [6, 6.07) is 5.75. The van der Waals surface area contributed by atoms with Gasteiger partial charge in [0.25, 0.3) is 5.91 Å². The molecule has 3 aliphatic rings. The van der Waals surface area contributed by atoms with Gasteiger partial charge in [-0.15, -0.1) is 0 Å². The van der Waals surface area contributed by atoms with Crippen molar-refractivity contribution in [3.63, 3.8) is 0 Å². The monoisotopic (exact) mass is 574 g/mol. The summed E-state index contributed by atoms with van der Waals surface area (Å²) in [6.07, 6.45) is 2.96. The lowest BCUT2D eigenvalue weighted by atomic mass is 9.88. The number of amides is 3. The average molecular weight is 575 g/mol. The van der Waals surface area contributed by atoms with E-state index in [1.54, 1.807) is 40.1 Å². The van der Waals surface area contributed by atoms with E-state index in [2.05, 4.69) is 10.6 Å². The Morgan fingerprint density at radius 2 is 1.80 bits per heavy atom. The van der Waals surface area contributed by atoms with Crippen LogP contribution in [0, 0.1) is 11.8 Å². The zero-order chi connectivity index (χ0) is 29.8. The fourth-order valence-corrected chi connectivity index (χ4v) is 5.82. The molecule has 2 heterocycles. The van der Waals surface area contributed by atoms with Crippen LogP contribution in [0.2, 0.25) is 0 Å². The van der Waals surface area contributed by atoms with E-state index in [1.807, 2.05) is 30.0 Å². The van der Waals surface area contributed by atoms with Crippen molar-refractivity contribution in [3.8, 4) is 5.75 Å². The lowest BCUT2D eigenvalue weighted by molar-refractivity contribution is -0.133. The third-order valence-corrected chi connectivity index (χ3v) is 7.94. The first kappa shape index (κ1) is 31.2. The number of ether oxygens (including phenoxy) is 4. The summed E-state index contributed by atoms with van der Waals surface area (Å²) < 4.78 is 21.9. The van der Waals surface area contributed by atoms with Crippen LogP contribution in [0.3, 0.4) is 0 Å². The van der Waals surface area contributed by atoms with E-state index >= 15 is 0 Å². The van der Waals surface area contributed by atoms with Crippen molar-refractivity contribution < 1.29 is 33.3 Å². The molecule has 2 fully saturated rings. The van der Waals surface area contributed by atoms with Crippen LogP contribution in [-0.4, -0.2) is 95.7 Å². The fraction of sp³-hybridized carbons (Fsp3) is 0.700. The second kappa shape index (κ2) is 13.1. The first-order chi connectivity index (χ1) is 19.5. The largest absolute Gasteiger partial charge is 0.476 e. The van der Waals surface area contributed by atoms with E-state index in [4.69, 9.17) is 18.9 Å². The molecular weight excluding hydrogens is 528 g/mol. The van der Waals surface area contributed by atoms with Gasteiger partial charge in [0.15, 0.2) is 5.60 Å². The highest BCUT2D eigenvalue weighted by Crippen LogP contribution is 2.43.